The topological polar surface area (TPSA) is 80.9 Å². The molecule has 0 saturated carbocycles. The van der Waals surface area contributed by atoms with E-state index in [-0.39, 0.29) is 18.4 Å². The number of hydrogen-bond donors (Lipinski definition) is 0. The second kappa shape index (κ2) is 13.7. The van der Waals surface area contributed by atoms with Gasteiger partial charge in [-0.2, -0.15) is 0 Å². The van der Waals surface area contributed by atoms with Crippen LogP contribution in [-0.4, -0.2) is 41.4 Å². The average Bonchev–Trinajstić information content (AvgIpc) is 3.97. The van der Waals surface area contributed by atoms with Crippen molar-refractivity contribution < 1.29 is 28.5 Å². The maximum Gasteiger partial charge on any atom is 0.335 e. The molecule has 8 nitrogen and oxygen atoms in total. The van der Waals surface area contributed by atoms with E-state index in [9.17, 15) is 9.59 Å². The van der Waals surface area contributed by atoms with E-state index in [4.69, 9.17) is 18.9 Å². The molecule has 7 aromatic rings. The Labute approximate surface area is 306 Å². The third kappa shape index (κ3) is 5.90. The monoisotopic (exact) mass is 702 g/mol. The number of nitrogens with zero attached hydrogens (tertiary/aromatic N) is 2. The minimum atomic E-state index is -0.506. The van der Waals surface area contributed by atoms with Crippen LogP contribution in [0.25, 0.3) is 43.6 Å². The van der Waals surface area contributed by atoms with Crippen LogP contribution in [0.4, 0.5) is 0 Å². The molecule has 264 valence electrons. The van der Waals surface area contributed by atoms with Crippen molar-refractivity contribution in [2.45, 2.75) is 26.1 Å². The molecular formula is C45H38N2O6. The van der Waals surface area contributed by atoms with Crippen LogP contribution in [0.1, 0.15) is 12.0 Å². The Morgan fingerprint density at radius 3 is 1.43 bits per heavy atom. The number of benzene rings is 5. The molecule has 0 radical (unpaired) electrons. The molecule has 53 heavy (non-hydrogen) atoms. The van der Waals surface area contributed by atoms with E-state index in [1.165, 1.54) is 28.7 Å². The number of carbonyl (C=O) groups is 2. The molecule has 2 aromatic heterocycles. The van der Waals surface area contributed by atoms with Crippen LogP contribution in [0, 0.1) is 11.8 Å². The summed E-state index contributed by atoms with van der Waals surface area (Å²) in [6.45, 7) is 2.09. The zero-order chi connectivity index (χ0) is 35.9. The number of hydrogen-bond acceptors (Lipinski definition) is 6. The molecule has 2 aliphatic carbocycles. The molecule has 0 fully saturated rings. The smallest absolute Gasteiger partial charge is 0.335 e. The third-order valence-electron chi connectivity index (χ3n) is 10.6. The van der Waals surface area contributed by atoms with Gasteiger partial charge in [-0.05, 0) is 48.4 Å². The van der Waals surface area contributed by atoms with E-state index >= 15 is 0 Å². The molecular weight excluding hydrogens is 665 g/mol. The van der Waals surface area contributed by atoms with Crippen LogP contribution in [0.15, 0.2) is 139 Å². The summed E-state index contributed by atoms with van der Waals surface area (Å²) in [5.41, 5.74) is 6.14. The lowest BCUT2D eigenvalue weighted by Crippen LogP contribution is -2.18. The Morgan fingerprint density at radius 1 is 0.585 bits per heavy atom. The first-order valence-electron chi connectivity index (χ1n) is 18.1. The van der Waals surface area contributed by atoms with Gasteiger partial charge in [0.1, 0.15) is 31.3 Å². The van der Waals surface area contributed by atoms with E-state index in [0.29, 0.717) is 55.4 Å². The van der Waals surface area contributed by atoms with Crippen LogP contribution in [0.2, 0.25) is 0 Å². The Morgan fingerprint density at radius 2 is 1.00 bits per heavy atom. The first-order valence-corrected chi connectivity index (χ1v) is 18.1. The van der Waals surface area contributed by atoms with Gasteiger partial charge in [-0.1, -0.05) is 84.9 Å². The van der Waals surface area contributed by atoms with Gasteiger partial charge in [-0.25, -0.2) is 9.59 Å². The highest BCUT2D eigenvalue weighted by Gasteiger charge is 2.43. The Kier molecular flexibility index (Phi) is 8.43. The summed E-state index contributed by atoms with van der Waals surface area (Å²) >= 11 is 0. The number of esters is 2. The maximum absolute atomic E-state index is 13.5. The minimum Gasteiger partial charge on any atom is -0.492 e. The summed E-state index contributed by atoms with van der Waals surface area (Å²) in [4.78, 5) is 26.0. The fraction of sp³-hybridized carbons (Fsp3) is 0.200. The van der Waals surface area contributed by atoms with Crippen molar-refractivity contribution in [3.63, 3.8) is 0 Å². The minimum absolute atomic E-state index is 0.00873. The van der Waals surface area contributed by atoms with Gasteiger partial charge in [0.05, 0.1) is 31.3 Å². The van der Waals surface area contributed by atoms with Gasteiger partial charge in [-0.3, -0.25) is 0 Å². The van der Waals surface area contributed by atoms with Crippen molar-refractivity contribution >= 4 is 55.6 Å². The van der Waals surface area contributed by atoms with Gasteiger partial charge in [0.25, 0.3) is 0 Å². The highest BCUT2D eigenvalue weighted by molar-refractivity contribution is 6.09. The number of aromatic nitrogens is 2. The highest BCUT2D eigenvalue weighted by Crippen LogP contribution is 2.45. The highest BCUT2D eigenvalue weighted by atomic mass is 16.5. The summed E-state index contributed by atoms with van der Waals surface area (Å²) in [7, 11) is 1.34. The predicted octanol–water partition coefficient (Wildman–Crippen LogP) is 8.78. The molecule has 2 aliphatic rings. The largest absolute Gasteiger partial charge is 0.492 e. The van der Waals surface area contributed by atoms with Gasteiger partial charge < -0.3 is 28.1 Å². The van der Waals surface area contributed by atoms with Gasteiger partial charge >= 0.3 is 11.9 Å². The Bertz CT molecular complexity index is 2360. The molecule has 5 aromatic carbocycles. The number of allylic oxidation sites excluding steroid dienone is 2. The number of carbonyl (C=O) groups excluding carboxylic acids is 2. The van der Waals surface area contributed by atoms with E-state index in [1.807, 2.05) is 30.4 Å². The lowest BCUT2D eigenvalue weighted by molar-refractivity contribution is -0.142. The molecule has 2 heterocycles. The summed E-state index contributed by atoms with van der Waals surface area (Å²) in [6, 6.07) is 39.3. The number of methoxy groups -OCH3 is 1. The van der Waals surface area contributed by atoms with Gasteiger partial charge in [-0.15, -0.1) is 0 Å². The molecule has 0 saturated heterocycles. The van der Waals surface area contributed by atoms with Crippen molar-refractivity contribution in [2.24, 2.45) is 11.8 Å². The molecule has 2 atom stereocenters. The van der Waals surface area contributed by atoms with Crippen LogP contribution in [0.5, 0.6) is 11.5 Å². The summed E-state index contributed by atoms with van der Waals surface area (Å²) < 4.78 is 28.3. The van der Waals surface area contributed by atoms with E-state index in [0.717, 1.165) is 27.6 Å². The van der Waals surface area contributed by atoms with Gasteiger partial charge in [0, 0.05) is 61.5 Å². The lowest BCUT2D eigenvalue weighted by atomic mass is 9.97. The molecule has 9 rings (SSSR count). The summed E-state index contributed by atoms with van der Waals surface area (Å²) in [5.74, 6) is -0.0141. The number of rotatable bonds is 12. The Balaban J connectivity index is 0.964. The van der Waals surface area contributed by atoms with Crippen molar-refractivity contribution in [1.29, 1.82) is 0 Å². The lowest BCUT2D eigenvalue weighted by Gasteiger charge is -2.16. The molecule has 0 N–H and O–H groups in total. The number of ether oxygens (including phenoxy) is 4. The van der Waals surface area contributed by atoms with Crippen LogP contribution in [0.3, 0.4) is 0 Å². The van der Waals surface area contributed by atoms with Crippen molar-refractivity contribution in [3.8, 4) is 11.5 Å². The van der Waals surface area contributed by atoms with E-state index in [1.54, 1.807) is 0 Å². The number of para-hydroxylation sites is 4. The summed E-state index contributed by atoms with van der Waals surface area (Å²) in [5, 5.41) is 4.84. The molecule has 8 heteroatoms. The third-order valence-corrected chi connectivity index (χ3v) is 10.6. The standard InChI is InChI=1S/C45H38N2O6/c1-50-44(48)42-30-18-19-31(26-30)43(42)45(49)53-28-29-24-32(51-22-20-46-38-14-6-2-10-34(38)35-11-3-7-15-39(35)46)27-33(25-29)52-23-21-47-40-16-8-4-12-36(40)37-13-5-9-17-41(37)47/h2-19,24-25,27,30-31H,20-23,26,28H2,1H3. The molecule has 0 spiro atoms. The number of fused-ring (bicyclic) bond motifs is 8. The maximum atomic E-state index is 13.5. The molecule has 0 amide bonds. The first kappa shape index (κ1) is 32.6. The van der Waals surface area contributed by atoms with Crippen molar-refractivity contribution in [3.05, 3.63) is 144 Å². The SMILES string of the molecule is COC(=O)C1=C(C(=O)OCc2cc(OCCn3c4ccccc4c4ccccc43)cc(OCCn3c4ccccc4c4ccccc43)c2)C2C=CC1C2. The van der Waals surface area contributed by atoms with Crippen LogP contribution < -0.4 is 9.47 Å². The summed E-state index contributed by atoms with van der Waals surface area (Å²) in [6.07, 6.45) is 4.63. The zero-order valence-electron chi connectivity index (χ0n) is 29.4. The van der Waals surface area contributed by atoms with Gasteiger partial charge in [0.2, 0.25) is 0 Å². The second-order valence-electron chi connectivity index (χ2n) is 13.6. The predicted molar refractivity (Wildman–Crippen MR) is 206 cm³/mol. The second-order valence-corrected chi connectivity index (χ2v) is 13.6. The normalized spacial score (nSPS) is 16.3. The average molecular weight is 703 g/mol. The quantitative estimate of drug-likeness (QED) is 0.0936. The van der Waals surface area contributed by atoms with Crippen molar-refractivity contribution in [1.82, 2.24) is 9.13 Å². The van der Waals surface area contributed by atoms with E-state index < -0.39 is 11.9 Å². The van der Waals surface area contributed by atoms with Crippen molar-refractivity contribution in [2.75, 3.05) is 20.3 Å². The molecule has 2 unspecified atom stereocenters. The van der Waals surface area contributed by atoms with Crippen LogP contribution >= 0.6 is 0 Å². The Hall–Kier alpha value is -6.28. The molecule has 0 aliphatic heterocycles. The molecule has 2 bridgehead atoms. The zero-order valence-corrected chi connectivity index (χ0v) is 29.4. The van der Waals surface area contributed by atoms with E-state index in [2.05, 4.69) is 106 Å². The fourth-order valence-electron chi connectivity index (χ4n) is 8.26. The first-order chi connectivity index (χ1) is 26.1. The fourth-order valence-corrected chi connectivity index (χ4v) is 8.26. The van der Waals surface area contributed by atoms with Gasteiger partial charge in [0.15, 0.2) is 0 Å². The van der Waals surface area contributed by atoms with Crippen LogP contribution in [-0.2, 0) is 38.8 Å².